The first-order valence-corrected chi connectivity index (χ1v) is 6.24. The van der Waals surface area contributed by atoms with E-state index in [1.54, 1.807) is 0 Å². The first kappa shape index (κ1) is 13.5. The van der Waals surface area contributed by atoms with Crippen LogP contribution in [0.5, 0.6) is 5.75 Å². The van der Waals surface area contributed by atoms with Gasteiger partial charge in [-0.3, -0.25) is 0 Å². The predicted molar refractivity (Wildman–Crippen MR) is 71.7 cm³/mol. The van der Waals surface area contributed by atoms with Crippen molar-refractivity contribution in [1.82, 2.24) is 10.1 Å². The van der Waals surface area contributed by atoms with Crippen LogP contribution in [0.15, 0.2) is 28.8 Å². The Hall–Kier alpha value is -1.88. The molecule has 0 radical (unpaired) electrons. The van der Waals surface area contributed by atoms with Gasteiger partial charge in [0.05, 0.1) is 0 Å². The number of ether oxygens (including phenoxy) is 1. The van der Waals surface area contributed by atoms with Crippen molar-refractivity contribution in [3.8, 4) is 5.75 Å². The Balaban J connectivity index is 1.96. The molecule has 5 nitrogen and oxygen atoms in total. The molecule has 19 heavy (non-hydrogen) atoms. The lowest BCUT2D eigenvalue weighted by atomic mass is 9.97. The summed E-state index contributed by atoms with van der Waals surface area (Å²) in [7, 11) is 0. The molecule has 1 aromatic carbocycles. The van der Waals surface area contributed by atoms with Gasteiger partial charge in [0.1, 0.15) is 5.75 Å². The van der Waals surface area contributed by atoms with E-state index in [0.717, 1.165) is 11.3 Å². The van der Waals surface area contributed by atoms with Crippen molar-refractivity contribution in [2.45, 2.75) is 39.3 Å². The van der Waals surface area contributed by atoms with Crippen LogP contribution in [0.3, 0.4) is 0 Å². The van der Waals surface area contributed by atoms with Crippen molar-refractivity contribution < 1.29 is 9.26 Å². The monoisotopic (exact) mass is 261 g/mol. The van der Waals surface area contributed by atoms with Gasteiger partial charge in [-0.15, -0.1) is 0 Å². The molecule has 2 aromatic rings. The van der Waals surface area contributed by atoms with Gasteiger partial charge in [-0.2, -0.15) is 4.98 Å². The molecule has 2 rings (SSSR count). The predicted octanol–water partition coefficient (Wildman–Crippen LogP) is 2.40. The molecule has 0 bridgehead atoms. The summed E-state index contributed by atoms with van der Waals surface area (Å²) in [5.74, 6) is 1.93. The summed E-state index contributed by atoms with van der Waals surface area (Å²) in [6.45, 7) is 6.89. The van der Waals surface area contributed by atoms with Gasteiger partial charge < -0.3 is 15.0 Å². The minimum absolute atomic E-state index is 0.145. The van der Waals surface area contributed by atoms with Crippen LogP contribution in [0.4, 0.5) is 0 Å². The third-order valence-electron chi connectivity index (χ3n) is 2.64. The highest BCUT2D eigenvalue weighted by Crippen LogP contribution is 2.20. The lowest BCUT2D eigenvalue weighted by Gasteiger charge is -2.10. The van der Waals surface area contributed by atoms with Crippen molar-refractivity contribution in [2.75, 3.05) is 0 Å². The minimum atomic E-state index is -0.145. The standard InChI is InChI=1S/C14H19N3O2/c1-14(2,3)13-16-12(17-19-13)9-18-11-6-4-10(8-15)5-7-11/h4-7H,8-9,15H2,1-3H3. The summed E-state index contributed by atoms with van der Waals surface area (Å²) in [5.41, 5.74) is 6.46. The molecular weight excluding hydrogens is 242 g/mol. The zero-order valence-electron chi connectivity index (χ0n) is 11.5. The summed E-state index contributed by atoms with van der Waals surface area (Å²) >= 11 is 0. The van der Waals surface area contributed by atoms with Crippen LogP contribution < -0.4 is 10.5 Å². The molecule has 0 atom stereocenters. The van der Waals surface area contributed by atoms with Crippen molar-refractivity contribution in [3.05, 3.63) is 41.5 Å². The van der Waals surface area contributed by atoms with Gasteiger partial charge in [-0.25, -0.2) is 0 Å². The largest absolute Gasteiger partial charge is 0.485 e. The summed E-state index contributed by atoms with van der Waals surface area (Å²) in [6, 6.07) is 7.64. The first-order valence-electron chi connectivity index (χ1n) is 6.24. The van der Waals surface area contributed by atoms with Gasteiger partial charge in [-0.05, 0) is 17.7 Å². The van der Waals surface area contributed by atoms with Crippen LogP contribution in [-0.2, 0) is 18.6 Å². The highest BCUT2D eigenvalue weighted by atomic mass is 16.5. The number of nitrogens with two attached hydrogens (primary N) is 1. The summed E-state index contributed by atoms with van der Waals surface area (Å²) in [6.07, 6.45) is 0. The lowest BCUT2D eigenvalue weighted by Crippen LogP contribution is -2.11. The fourth-order valence-corrected chi connectivity index (χ4v) is 1.49. The number of hydrogen-bond acceptors (Lipinski definition) is 5. The third kappa shape index (κ3) is 3.54. The summed E-state index contributed by atoms with van der Waals surface area (Å²) < 4.78 is 10.8. The molecule has 102 valence electrons. The topological polar surface area (TPSA) is 74.2 Å². The third-order valence-corrected chi connectivity index (χ3v) is 2.64. The van der Waals surface area contributed by atoms with Crippen LogP contribution in [0.2, 0.25) is 0 Å². The smallest absolute Gasteiger partial charge is 0.232 e. The quantitative estimate of drug-likeness (QED) is 0.914. The van der Waals surface area contributed by atoms with E-state index < -0.39 is 0 Å². The maximum Gasteiger partial charge on any atom is 0.232 e. The van der Waals surface area contributed by atoms with Crippen LogP contribution in [0, 0.1) is 0 Å². The second kappa shape index (κ2) is 5.40. The highest BCUT2D eigenvalue weighted by Gasteiger charge is 2.21. The van der Waals surface area contributed by atoms with Crippen molar-refractivity contribution in [3.63, 3.8) is 0 Å². The van der Waals surface area contributed by atoms with Crippen LogP contribution in [0.1, 0.15) is 38.0 Å². The van der Waals surface area contributed by atoms with E-state index in [2.05, 4.69) is 10.1 Å². The second-order valence-corrected chi connectivity index (χ2v) is 5.40. The molecule has 0 saturated carbocycles. The zero-order valence-corrected chi connectivity index (χ0v) is 11.5. The number of rotatable bonds is 4. The molecule has 0 fully saturated rings. The molecule has 0 unspecified atom stereocenters. The van der Waals surface area contributed by atoms with E-state index in [4.69, 9.17) is 15.0 Å². The van der Waals surface area contributed by atoms with E-state index in [9.17, 15) is 0 Å². The minimum Gasteiger partial charge on any atom is -0.485 e. The Bertz CT molecular complexity index is 526. The van der Waals surface area contributed by atoms with Gasteiger partial charge in [0.25, 0.3) is 0 Å². The van der Waals surface area contributed by atoms with Crippen LogP contribution in [-0.4, -0.2) is 10.1 Å². The van der Waals surface area contributed by atoms with E-state index in [1.165, 1.54) is 0 Å². The van der Waals surface area contributed by atoms with Gasteiger partial charge in [0, 0.05) is 12.0 Å². The molecule has 0 aliphatic heterocycles. The van der Waals surface area contributed by atoms with E-state index in [-0.39, 0.29) is 5.41 Å². The molecule has 0 saturated heterocycles. The van der Waals surface area contributed by atoms with Crippen molar-refractivity contribution in [1.29, 1.82) is 0 Å². The van der Waals surface area contributed by atoms with Gasteiger partial charge >= 0.3 is 0 Å². The van der Waals surface area contributed by atoms with Crippen molar-refractivity contribution >= 4 is 0 Å². The Labute approximate surface area is 112 Å². The maximum absolute atomic E-state index is 5.59. The molecule has 0 amide bonds. The molecule has 0 spiro atoms. The zero-order chi connectivity index (χ0) is 13.9. The van der Waals surface area contributed by atoms with Gasteiger partial charge in [0.15, 0.2) is 6.61 Å². The summed E-state index contributed by atoms with van der Waals surface area (Å²) in [5, 5.41) is 3.90. The lowest BCUT2D eigenvalue weighted by molar-refractivity contribution is 0.280. The molecule has 0 aliphatic carbocycles. The van der Waals surface area contributed by atoms with Gasteiger partial charge in [0.2, 0.25) is 11.7 Å². The number of benzene rings is 1. The molecular formula is C14H19N3O2. The Morgan fingerprint density at radius 3 is 2.42 bits per heavy atom. The van der Waals surface area contributed by atoms with E-state index in [1.807, 2.05) is 45.0 Å². The van der Waals surface area contributed by atoms with Gasteiger partial charge in [-0.1, -0.05) is 38.1 Å². The normalized spacial score (nSPS) is 11.6. The fraction of sp³-hybridized carbons (Fsp3) is 0.429. The number of aromatic nitrogens is 2. The molecule has 1 heterocycles. The summed E-state index contributed by atoms with van der Waals surface area (Å²) in [4.78, 5) is 4.31. The fourth-order valence-electron chi connectivity index (χ4n) is 1.49. The highest BCUT2D eigenvalue weighted by molar-refractivity contribution is 5.27. The van der Waals surface area contributed by atoms with Crippen molar-refractivity contribution in [2.24, 2.45) is 5.73 Å². The molecule has 5 heteroatoms. The Morgan fingerprint density at radius 2 is 1.89 bits per heavy atom. The molecule has 1 aromatic heterocycles. The Kier molecular flexibility index (Phi) is 3.85. The van der Waals surface area contributed by atoms with Crippen LogP contribution >= 0.6 is 0 Å². The van der Waals surface area contributed by atoms with Crippen LogP contribution in [0.25, 0.3) is 0 Å². The Morgan fingerprint density at radius 1 is 1.21 bits per heavy atom. The number of nitrogens with zero attached hydrogens (tertiary/aromatic N) is 2. The average Bonchev–Trinajstić information content (AvgIpc) is 2.86. The SMILES string of the molecule is CC(C)(C)c1nc(COc2ccc(CN)cc2)no1. The number of hydrogen-bond donors (Lipinski definition) is 1. The van der Waals surface area contributed by atoms with E-state index in [0.29, 0.717) is 24.9 Å². The maximum atomic E-state index is 5.59. The molecule has 0 aliphatic rings. The average molecular weight is 261 g/mol. The van der Waals surface area contributed by atoms with E-state index >= 15 is 0 Å². The molecule has 2 N–H and O–H groups in total. The second-order valence-electron chi connectivity index (χ2n) is 5.40. The first-order chi connectivity index (χ1) is 8.99.